The van der Waals surface area contributed by atoms with Gasteiger partial charge in [0.25, 0.3) is 5.56 Å². The van der Waals surface area contributed by atoms with Gasteiger partial charge in [-0.1, -0.05) is 23.8 Å². The van der Waals surface area contributed by atoms with E-state index < -0.39 is 29.9 Å². The number of aryl methyl sites for hydroxylation is 1. The molecule has 0 saturated carbocycles. The predicted molar refractivity (Wildman–Crippen MR) is 143 cm³/mol. The normalized spacial score (nSPS) is 13.2. The molecule has 2 aromatic heterocycles. The van der Waals surface area contributed by atoms with Crippen LogP contribution in [0.4, 0.5) is 19.1 Å². The zero-order chi connectivity index (χ0) is 30.5. The second-order valence-corrected chi connectivity index (χ2v) is 9.36. The minimum atomic E-state index is -5.08. The van der Waals surface area contributed by atoms with Gasteiger partial charge in [0.2, 0.25) is 5.95 Å². The Bertz CT molecular complexity index is 1630. The Balaban J connectivity index is 0.000000587. The summed E-state index contributed by atoms with van der Waals surface area (Å²) < 4.78 is 35.9. The molecule has 3 aromatic rings. The number of fused-ring (bicyclic) bond motifs is 1. The number of hydrogen-bond donors (Lipinski definition) is 2. The molecular weight excluding hydrogens is 547 g/mol. The van der Waals surface area contributed by atoms with Crippen LogP contribution in [0.15, 0.2) is 45.5 Å². The number of carboxylic acids is 1. The molecule has 12 nitrogen and oxygen atoms in total. The first kappa shape index (κ1) is 30.8. The van der Waals surface area contributed by atoms with Crippen molar-refractivity contribution in [3.63, 3.8) is 0 Å². The van der Waals surface area contributed by atoms with E-state index in [1.807, 2.05) is 30.6 Å². The van der Waals surface area contributed by atoms with Crippen LogP contribution >= 0.6 is 0 Å². The van der Waals surface area contributed by atoms with Gasteiger partial charge in [-0.2, -0.15) is 23.4 Å². The molecule has 1 aliphatic rings. The average Bonchev–Trinajstić information content (AvgIpc) is 3.33. The Morgan fingerprint density at radius 2 is 1.71 bits per heavy atom. The van der Waals surface area contributed by atoms with Gasteiger partial charge >= 0.3 is 17.8 Å². The van der Waals surface area contributed by atoms with Crippen molar-refractivity contribution in [3.05, 3.63) is 67.9 Å². The lowest BCUT2D eigenvalue weighted by molar-refractivity contribution is -0.192. The lowest BCUT2D eigenvalue weighted by atomic mass is 10.1. The van der Waals surface area contributed by atoms with Crippen LogP contribution in [0.2, 0.25) is 0 Å². The van der Waals surface area contributed by atoms with Gasteiger partial charge in [-0.15, -0.1) is 0 Å². The van der Waals surface area contributed by atoms with Gasteiger partial charge in [0.15, 0.2) is 16.9 Å². The quantitative estimate of drug-likeness (QED) is 0.330. The Kier molecular flexibility index (Phi) is 9.51. The number of nitrogens with one attached hydrogen (secondary N) is 1. The van der Waals surface area contributed by atoms with Gasteiger partial charge in [0.05, 0.1) is 18.2 Å². The Hall–Kier alpha value is -4.71. The van der Waals surface area contributed by atoms with Crippen LogP contribution < -0.4 is 21.5 Å². The fourth-order valence-corrected chi connectivity index (χ4v) is 4.02. The molecule has 0 radical (unpaired) electrons. The summed E-state index contributed by atoms with van der Waals surface area (Å²) in [4.78, 5) is 55.2. The highest BCUT2D eigenvalue weighted by Gasteiger charge is 2.38. The number of aliphatic carboxylic acids is 1. The van der Waals surface area contributed by atoms with Crippen molar-refractivity contribution in [2.45, 2.75) is 33.1 Å². The number of carbonyl (C=O) groups is 2. The van der Waals surface area contributed by atoms with Crippen molar-refractivity contribution in [2.75, 3.05) is 31.1 Å². The maximum atomic E-state index is 13.6. The Labute approximate surface area is 231 Å². The minimum absolute atomic E-state index is 0.292. The topological polar surface area (TPSA) is 155 Å². The number of aromatic nitrogens is 4. The number of Topliss-reactive ketones (excluding diaryl/α,β-unsaturated/α-hetero) is 1. The van der Waals surface area contributed by atoms with Gasteiger partial charge in [-0.3, -0.25) is 18.7 Å². The summed E-state index contributed by atoms with van der Waals surface area (Å²) in [5.41, 5.74) is 1.29. The van der Waals surface area contributed by atoms with Gasteiger partial charge in [-0.05, 0) is 26.0 Å². The molecule has 41 heavy (non-hydrogen) atoms. The first-order valence-corrected chi connectivity index (χ1v) is 12.4. The van der Waals surface area contributed by atoms with Gasteiger partial charge < -0.3 is 19.9 Å². The Morgan fingerprint density at radius 3 is 2.22 bits per heavy atom. The lowest BCUT2D eigenvalue weighted by Gasteiger charge is -2.28. The summed E-state index contributed by atoms with van der Waals surface area (Å²) >= 11 is 0. The van der Waals surface area contributed by atoms with Crippen molar-refractivity contribution in [3.8, 4) is 6.07 Å². The highest BCUT2D eigenvalue weighted by Crippen LogP contribution is 2.21. The van der Waals surface area contributed by atoms with E-state index in [1.165, 1.54) is 28.8 Å². The third-order valence-corrected chi connectivity index (χ3v) is 6.17. The van der Waals surface area contributed by atoms with Crippen LogP contribution in [0.25, 0.3) is 11.2 Å². The number of halogens is 3. The third kappa shape index (κ3) is 7.09. The molecule has 0 amide bonds. The van der Waals surface area contributed by atoms with Crippen LogP contribution in [-0.2, 0) is 24.9 Å². The van der Waals surface area contributed by atoms with Crippen molar-refractivity contribution in [1.82, 2.24) is 24.0 Å². The minimum Gasteiger partial charge on any atom is -0.475 e. The summed E-state index contributed by atoms with van der Waals surface area (Å²) in [6.07, 6.45) is -3.08. The molecule has 0 bridgehead atoms. The highest BCUT2D eigenvalue weighted by atomic mass is 19.4. The van der Waals surface area contributed by atoms with Gasteiger partial charge in [-0.25, -0.2) is 9.59 Å². The predicted octanol–water partition coefficient (Wildman–Crippen LogP) is 1.66. The number of carboxylic acid groups (broad SMARTS) is 1. The maximum absolute atomic E-state index is 13.6. The summed E-state index contributed by atoms with van der Waals surface area (Å²) in [6, 6.07) is 8.12. The maximum Gasteiger partial charge on any atom is 0.490 e. The van der Waals surface area contributed by atoms with E-state index in [4.69, 9.17) is 20.1 Å². The molecule has 15 heteroatoms. The van der Waals surface area contributed by atoms with E-state index in [9.17, 15) is 27.6 Å². The van der Waals surface area contributed by atoms with E-state index in [0.717, 1.165) is 36.3 Å². The van der Waals surface area contributed by atoms with E-state index in [1.54, 1.807) is 7.05 Å². The number of allylic oxidation sites excluding steroid dienone is 2. The van der Waals surface area contributed by atoms with Crippen molar-refractivity contribution < 1.29 is 27.9 Å². The number of rotatable bonds is 6. The first-order valence-electron chi connectivity index (χ1n) is 12.4. The number of piperazine rings is 1. The molecule has 1 fully saturated rings. The van der Waals surface area contributed by atoms with E-state index >= 15 is 0 Å². The molecule has 1 saturated heterocycles. The van der Waals surface area contributed by atoms with Crippen LogP contribution in [0.5, 0.6) is 0 Å². The molecule has 2 N–H and O–H groups in total. The Morgan fingerprint density at radius 1 is 1.12 bits per heavy atom. The number of nitrogens with zero attached hydrogens (tertiary/aromatic N) is 6. The molecule has 1 aromatic carbocycles. The molecule has 218 valence electrons. The second-order valence-electron chi connectivity index (χ2n) is 9.36. The standard InChI is InChI=1S/C24H27N7O3.C2HF3O2/c1-16(2)8-11-30-20-21(27-23(30)29-12-9-26-10-13-29)28(3)24(34)31(22(20)33)15-19(32)18-6-4-17(14-25)5-7-18;3-2(4,5)1(6)7/h4-8,26H,9-13,15H2,1-3H3;(H,6,7). The molecule has 1 aliphatic heterocycles. The monoisotopic (exact) mass is 575 g/mol. The molecule has 3 heterocycles. The van der Waals surface area contributed by atoms with Crippen LogP contribution in [0.1, 0.15) is 29.8 Å². The van der Waals surface area contributed by atoms with Crippen LogP contribution in [0, 0.1) is 11.3 Å². The number of benzene rings is 1. The number of anilines is 1. The SMILES string of the molecule is CC(C)=CCn1c(N2CCNCC2)nc2c1c(=O)n(CC(=O)c1ccc(C#N)cc1)c(=O)n2C.O=C(O)C(F)(F)F. The van der Waals surface area contributed by atoms with Gasteiger partial charge in [0, 0.05) is 45.3 Å². The number of imidazole rings is 1. The van der Waals surface area contributed by atoms with Gasteiger partial charge in [0.1, 0.15) is 0 Å². The summed E-state index contributed by atoms with van der Waals surface area (Å²) in [5, 5.41) is 19.4. The number of hydrogen-bond acceptors (Lipinski definition) is 8. The number of carbonyl (C=O) groups excluding carboxylic acids is 1. The fourth-order valence-electron chi connectivity index (χ4n) is 4.02. The number of nitriles is 1. The largest absolute Gasteiger partial charge is 0.490 e. The third-order valence-electron chi connectivity index (χ3n) is 6.17. The highest BCUT2D eigenvalue weighted by molar-refractivity contribution is 5.96. The van der Waals surface area contributed by atoms with Crippen molar-refractivity contribution in [2.24, 2.45) is 7.05 Å². The smallest absolute Gasteiger partial charge is 0.475 e. The molecular formula is C26H28F3N7O5. The fraction of sp³-hybridized carbons (Fsp3) is 0.385. The molecule has 4 rings (SSSR count). The first-order chi connectivity index (χ1) is 19.3. The van der Waals surface area contributed by atoms with Crippen molar-refractivity contribution >= 4 is 28.9 Å². The number of alkyl halides is 3. The second kappa shape index (κ2) is 12.6. The summed E-state index contributed by atoms with van der Waals surface area (Å²) in [6.45, 7) is 7.05. The number of ketones is 1. The molecule has 0 aliphatic carbocycles. The summed E-state index contributed by atoms with van der Waals surface area (Å²) in [7, 11) is 1.56. The zero-order valence-corrected chi connectivity index (χ0v) is 22.5. The van der Waals surface area contributed by atoms with E-state index in [0.29, 0.717) is 34.8 Å². The van der Waals surface area contributed by atoms with E-state index in [-0.39, 0.29) is 5.78 Å². The van der Waals surface area contributed by atoms with Crippen molar-refractivity contribution in [1.29, 1.82) is 5.26 Å². The van der Waals surface area contributed by atoms with Crippen LogP contribution in [0.3, 0.4) is 0 Å². The molecule has 0 spiro atoms. The average molecular weight is 576 g/mol. The van der Waals surface area contributed by atoms with Crippen LogP contribution in [-0.4, -0.2) is 67.9 Å². The molecule has 0 atom stereocenters. The molecule has 0 unspecified atom stereocenters. The summed E-state index contributed by atoms with van der Waals surface area (Å²) in [5.74, 6) is -2.51. The van der Waals surface area contributed by atoms with E-state index in [2.05, 4.69) is 10.2 Å². The lowest BCUT2D eigenvalue weighted by Crippen LogP contribution is -2.44. The zero-order valence-electron chi connectivity index (χ0n) is 22.5.